The molecule has 0 aliphatic heterocycles. The van der Waals surface area contributed by atoms with Crippen molar-refractivity contribution in [1.29, 1.82) is 0 Å². The van der Waals surface area contributed by atoms with Gasteiger partial charge in [0.1, 0.15) is 0 Å². The van der Waals surface area contributed by atoms with Crippen molar-refractivity contribution in [3.8, 4) is 5.75 Å². The fourth-order valence-electron chi connectivity index (χ4n) is 2.24. The van der Waals surface area contributed by atoms with Crippen LogP contribution in [-0.4, -0.2) is 14.2 Å². The molecule has 0 bridgehead atoms. The first-order valence-electron chi connectivity index (χ1n) is 6.49. The highest BCUT2D eigenvalue weighted by Gasteiger charge is 2.13. The van der Waals surface area contributed by atoms with Gasteiger partial charge in [-0.25, -0.2) is 4.39 Å². The second-order valence-electron chi connectivity index (χ2n) is 4.72. The molecule has 0 fully saturated rings. The quantitative estimate of drug-likeness (QED) is 0.817. The summed E-state index contributed by atoms with van der Waals surface area (Å²) in [6.07, 6.45) is 0.657. The first-order valence-corrected chi connectivity index (χ1v) is 7.66. The largest absolute Gasteiger partial charge is 0.494 e. The van der Waals surface area contributed by atoms with Crippen LogP contribution in [0.5, 0.6) is 5.75 Å². The van der Waals surface area contributed by atoms with Gasteiger partial charge in [-0.05, 0) is 54.9 Å². The highest BCUT2D eigenvalue weighted by molar-refractivity contribution is 9.10. The van der Waals surface area contributed by atoms with Gasteiger partial charge in [0.15, 0.2) is 11.6 Å². The summed E-state index contributed by atoms with van der Waals surface area (Å²) in [5.41, 5.74) is 1.94. The first-order chi connectivity index (χ1) is 10.0. The van der Waals surface area contributed by atoms with Crippen LogP contribution in [0.25, 0.3) is 0 Å². The molecule has 2 aromatic rings. The molecule has 0 saturated carbocycles. The molecular weight excluding hydrogens is 357 g/mol. The summed E-state index contributed by atoms with van der Waals surface area (Å²) >= 11 is 9.52. The number of rotatable bonds is 5. The van der Waals surface area contributed by atoms with Crippen LogP contribution in [-0.2, 0) is 6.42 Å². The van der Waals surface area contributed by atoms with Crippen LogP contribution in [0.2, 0.25) is 5.02 Å². The lowest BCUT2D eigenvalue weighted by atomic mass is 9.99. The zero-order valence-electron chi connectivity index (χ0n) is 11.8. The molecule has 0 amide bonds. The second-order valence-corrected chi connectivity index (χ2v) is 6.07. The average Bonchev–Trinajstić information content (AvgIpc) is 2.43. The maximum Gasteiger partial charge on any atom is 0.165 e. The predicted octanol–water partition coefficient (Wildman–Crippen LogP) is 4.75. The number of hydrogen-bond acceptors (Lipinski definition) is 2. The minimum atomic E-state index is -0.350. The first kappa shape index (κ1) is 16.3. The lowest BCUT2D eigenvalue weighted by Gasteiger charge is -2.18. The third-order valence-electron chi connectivity index (χ3n) is 3.29. The van der Waals surface area contributed by atoms with Gasteiger partial charge in [-0.2, -0.15) is 0 Å². The van der Waals surface area contributed by atoms with E-state index >= 15 is 0 Å². The summed E-state index contributed by atoms with van der Waals surface area (Å²) in [6.45, 7) is 0. The van der Waals surface area contributed by atoms with Gasteiger partial charge >= 0.3 is 0 Å². The molecule has 2 aromatic carbocycles. The van der Waals surface area contributed by atoms with Crippen LogP contribution in [0, 0.1) is 5.82 Å². The zero-order valence-corrected chi connectivity index (χ0v) is 14.1. The van der Waals surface area contributed by atoms with E-state index in [-0.39, 0.29) is 17.6 Å². The summed E-state index contributed by atoms with van der Waals surface area (Å²) in [6, 6.07) is 10.8. The number of hydrogen-bond donors (Lipinski definition) is 1. The average molecular weight is 373 g/mol. The normalized spacial score (nSPS) is 12.2. The summed E-state index contributed by atoms with van der Waals surface area (Å²) < 4.78 is 19.6. The zero-order chi connectivity index (χ0) is 15.4. The van der Waals surface area contributed by atoms with E-state index in [9.17, 15) is 4.39 Å². The Balaban J connectivity index is 2.24. The van der Waals surface area contributed by atoms with E-state index in [4.69, 9.17) is 16.3 Å². The van der Waals surface area contributed by atoms with Gasteiger partial charge in [0.25, 0.3) is 0 Å². The SMILES string of the molecule is CNC(Cc1ccc(OC)c(F)c1)c1cc(Cl)cc(Br)c1. The molecule has 1 N–H and O–H groups in total. The molecule has 112 valence electrons. The molecule has 2 nitrogen and oxygen atoms in total. The Bertz CT molecular complexity index is 615. The molecule has 5 heteroatoms. The van der Waals surface area contributed by atoms with Crippen LogP contribution in [0.4, 0.5) is 4.39 Å². The third kappa shape index (κ3) is 4.19. The molecule has 21 heavy (non-hydrogen) atoms. The number of nitrogens with one attached hydrogen (secondary N) is 1. The Labute approximate surface area is 137 Å². The third-order valence-corrected chi connectivity index (χ3v) is 3.97. The van der Waals surface area contributed by atoms with Gasteiger partial charge in [-0.15, -0.1) is 0 Å². The van der Waals surface area contributed by atoms with E-state index in [1.54, 1.807) is 6.07 Å². The van der Waals surface area contributed by atoms with Crippen molar-refractivity contribution in [2.75, 3.05) is 14.2 Å². The van der Waals surface area contributed by atoms with Gasteiger partial charge in [-0.3, -0.25) is 0 Å². The molecule has 1 unspecified atom stereocenters. The molecule has 0 aromatic heterocycles. The summed E-state index contributed by atoms with van der Waals surface area (Å²) in [4.78, 5) is 0. The van der Waals surface area contributed by atoms with Crippen molar-refractivity contribution >= 4 is 27.5 Å². The minimum absolute atomic E-state index is 0.0489. The van der Waals surface area contributed by atoms with Crippen molar-refractivity contribution in [3.63, 3.8) is 0 Å². The summed E-state index contributed by atoms with van der Waals surface area (Å²) in [5, 5.41) is 3.90. The predicted molar refractivity (Wildman–Crippen MR) is 87.6 cm³/mol. The van der Waals surface area contributed by atoms with E-state index in [1.807, 2.05) is 31.3 Å². The molecular formula is C16H16BrClFNO. The Hall–Kier alpha value is -1.10. The number of halogens is 3. The van der Waals surface area contributed by atoms with E-state index in [0.29, 0.717) is 11.4 Å². The standard InChI is InChI=1S/C16H16BrClFNO/c1-20-15(11-7-12(17)9-13(18)8-11)6-10-3-4-16(21-2)14(19)5-10/h3-5,7-9,15,20H,6H2,1-2H3. The molecule has 0 aliphatic carbocycles. The van der Waals surface area contributed by atoms with E-state index < -0.39 is 0 Å². The fourth-order valence-corrected chi connectivity index (χ4v) is 3.12. The molecule has 0 spiro atoms. The topological polar surface area (TPSA) is 21.3 Å². The summed E-state index contributed by atoms with van der Waals surface area (Å²) in [7, 11) is 3.33. The molecule has 0 heterocycles. The number of likely N-dealkylation sites (N-methyl/N-ethyl adjacent to an activating group) is 1. The molecule has 0 radical (unpaired) electrons. The molecule has 2 rings (SSSR count). The highest BCUT2D eigenvalue weighted by Crippen LogP contribution is 2.27. The van der Waals surface area contributed by atoms with Crippen LogP contribution in [0.15, 0.2) is 40.9 Å². The fraction of sp³-hybridized carbons (Fsp3) is 0.250. The Morgan fingerprint density at radius 1 is 1.29 bits per heavy atom. The lowest BCUT2D eigenvalue weighted by Crippen LogP contribution is -2.19. The van der Waals surface area contributed by atoms with E-state index in [2.05, 4.69) is 21.2 Å². The number of ether oxygens (including phenoxy) is 1. The van der Waals surface area contributed by atoms with Gasteiger partial charge in [-0.1, -0.05) is 33.6 Å². The van der Waals surface area contributed by atoms with Gasteiger partial charge in [0.05, 0.1) is 7.11 Å². The maximum absolute atomic E-state index is 13.8. The van der Waals surface area contributed by atoms with Crippen LogP contribution >= 0.6 is 27.5 Å². The van der Waals surface area contributed by atoms with Crippen molar-refractivity contribution in [2.24, 2.45) is 0 Å². The van der Waals surface area contributed by atoms with Crippen molar-refractivity contribution in [2.45, 2.75) is 12.5 Å². The number of methoxy groups -OCH3 is 1. The molecule has 1 atom stereocenters. The van der Waals surface area contributed by atoms with E-state index in [1.165, 1.54) is 13.2 Å². The molecule has 0 aliphatic rings. The van der Waals surface area contributed by atoms with E-state index in [0.717, 1.165) is 15.6 Å². The van der Waals surface area contributed by atoms with Gasteiger partial charge < -0.3 is 10.1 Å². The van der Waals surface area contributed by atoms with Crippen LogP contribution in [0.1, 0.15) is 17.2 Å². The monoisotopic (exact) mass is 371 g/mol. The second kappa shape index (κ2) is 7.25. The summed E-state index contributed by atoms with van der Waals surface area (Å²) in [5.74, 6) is -0.0950. The van der Waals surface area contributed by atoms with Crippen molar-refractivity contribution in [1.82, 2.24) is 5.32 Å². The highest BCUT2D eigenvalue weighted by atomic mass is 79.9. The van der Waals surface area contributed by atoms with Crippen molar-refractivity contribution in [3.05, 3.63) is 62.8 Å². The Morgan fingerprint density at radius 2 is 2.05 bits per heavy atom. The Morgan fingerprint density at radius 3 is 2.62 bits per heavy atom. The van der Waals surface area contributed by atoms with Crippen molar-refractivity contribution < 1.29 is 9.13 Å². The maximum atomic E-state index is 13.8. The van der Waals surface area contributed by atoms with Gasteiger partial charge in [0, 0.05) is 15.5 Å². The van der Waals surface area contributed by atoms with Crippen LogP contribution < -0.4 is 10.1 Å². The smallest absolute Gasteiger partial charge is 0.165 e. The lowest BCUT2D eigenvalue weighted by molar-refractivity contribution is 0.386. The Kier molecular flexibility index (Phi) is 5.62. The molecule has 0 saturated heterocycles. The van der Waals surface area contributed by atoms with Crippen LogP contribution in [0.3, 0.4) is 0 Å². The van der Waals surface area contributed by atoms with Gasteiger partial charge in [0.2, 0.25) is 0 Å². The minimum Gasteiger partial charge on any atom is -0.494 e. The number of benzene rings is 2.